The lowest BCUT2D eigenvalue weighted by Gasteiger charge is -2.29. The van der Waals surface area contributed by atoms with Gasteiger partial charge in [-0.15, -0.1) is 0 Å². The maximum Gasteiger partial charge on any atom is 0.295 e. The number of hydrogen-bond donors (Lipinski definition) is 1. The van der Waals surface area contributed by atoms with E-state index in [-0.39, 0.29) is 11.3 Å². The summed E-state index contributed by atoms with van der Waals surface area (Å²) in [7, 11) is 0. The molecule has 8 nitrogen and oxygen atoms in total. The Labute approximate surface area is 202 Å². The highest BCUT2D eigenvalue weighted by atomic mass is 19.1. The Hall–Kier alpha value is -3.43. The number of carbonyl (C=O) groups is 2. The number of ether oxygens (including phenoxy) is 3. The van der Waals surface area contributed by atoms with Crippen LogP contribution in [0, 0.1) is 5.82 Å². The van der Waals surface area contributed by atoms with Crippen LogP contribution in [0.2, 0.25) is 0 Å². The molecule has 184 valence electrons. The SMILES string of the molecule is O=C1C(=O)N(CCCN2CCOCC2)[C@H](c2ccc(F)cc2)C1=C(O)c1ccc2c(c1)OCCO2. The first-order valence-corrected chi connectivity index (χ1v) is 11.8. The average Bonchev–Trinajstić information content (AvgIpc) is 3.14. The van der Waals surface area contributed by atoms with Gasteiger partial charge in [0.05, 0.1) is 24.8 Å². The highest BCUT2D eigenvalue weighted by molar-refractivity contribution is 6.46. The Balaban J connectivity index is 1.48. The van der Waals surface area contributed by atoms with E-state index >= 15 is 0 Å². The van der Waals surface area contributed by atoms with Crippen LogP contribution in [-0.2, 0) is 14.3 Å². The molecule has 1 N–H and O–H groups in total. The Kier molecular flexibility index (Phi) is 6.70. The summed E-state index contributed by atoms with van der Waals surface area (Å²) < 4.78 is 30.2. The number of halogens is 1. The lowest BCUT2D eigenvalue weighted by Crippen LogP contribution is -2.38. The van der Waals surface area contributed by atoms with Gasteiger partial charge in [-0.2, -0.15) is 0 Å². The van der Waals surface area contributed by atoms with Gasteiger partial charge in [-0.25, -0.2) is 4.39 Å². The molecule has 9 heteroatoms. The van der Waals surface area contributed by atoms with E-state index in [9.17, 15) is 19.1 Å². The topological polar surface area (TPSA) is 88.5 Å². The number of amides is 1. The van der Waals surface area contributed by atoms with Crippen molar-refractivity contribution < 1.29 is 33.3 Å². The number of likely N-dealkylation sites (tertiary alicyclic amines) is 1. The van der Waals surface area contributed by atoms with Crippen molar-refractivity contribution in [1.29, 1.82) is 0 Å². The zero-order valence-corrected chi connectivity index (χ0v) is 19.2. The number of rotatable bonds is 6. The fourth-order valence-corrected chi connectivity index (χ4v) is 4.74. The van der Waals surface area contributed by atoms with Crippen molar-refractivity contribution >= 4 is 17.4 Å². The molecule has 2 aromatic rings. The zero-order chi connectivity index (χ0) is 24.4. The monoisotopic (exact) mass is 482 g/mol. The molecule has 0 spiro atoms. The molecule has 2 saturated heterocycles. The molecular formula is C26H27FN2O6. The number of hydrogen-bond acceptors (Lipinski definition) is 7. The Morgan fingerprint density at radius 3 is 2.40 bits per heavy atom. The zero-order valence-electron chi connectivity index (χ0n) is 19.2. The molecular weight excluding hydrogens is 455 g/mol. The maximum atomic E-state index is 13.7. The molecule has 0 aliphatic carbocycles. The number of aliphatic hydroxyl groups is 1. The van der Waals surface area contributed by atoms with Gasteiger partial charge in [0.1, 0.15) is 24.8 Å². The van der Waals surface area contributed by atoms with E-state index in [4.69, 9.17) is 14.2 Å². The van der Waals surface area contributed by atoms with Gasteiger partial charge in [0.25, 0.3) is 11.7 Å². The van der Waals surface area contributed by atoms with Crippen molar-refractivity contribution in [3.63, 3.8) is 0 Å². The molecule has 1 atom stereocenters. The highest BCUT2D eigenvalue weighted by Gasteiger charge is 2.46. The lowest BCUT2D eigenvalue weighted by atomic mass is 9.95. The quantitative estimate of drug-likeness (QED) is 0.385. The van der Waals surface area contributed by atoms with Gasteiger partial charge in [-0.05, 0) is 42.3 Å². The molecule has 2 fully saturated rings. The largest absolute Gasteiger partial charge is 0.507 e. The third kappa shape index (κ3) is 4.74. The van der Waals surface area contributed by atoms with Crippen LogP contribution in [0.15, 0.2) is 48.0 Å². The molecule has 1 amide bonds. The van der Waals surface area contributed by atoms with Crippen molar-refractivity contribution in [3.05, 3.63) is 65.0 Å². The molecule has 3 heterocycles. The third-order valence-corrected chi connectivity index (χ3v) is 6.52. The van der Waals surface area contributed by atoms with Gasteiger partial charge in [-0.3, -0.25) is 14.5 Å². The van der Waals surface area contributed by atoms with Crippen LogP contribution in [0.1, 0.15) is 23.6 Å². The minimum Gasteiger partial charge on any atom is -0.507 e. The predicted molar refractivity (Wildman–Crippen MR) is 125 cm³/mol. The van der Waals surface area contributed by atoms with E-state index in [0.717, 1.165) is 19.6 Å². The third-order valence-electron chi connectivity index (χ3n) is 6.52. The number of Topliss-reactive ketones (excluding diaryl/α,β-unsaturated/α-hetero) is 1. The Bertz CT molecular complexity index is 1140. The molecule has 0 radical (unpaired) electrons. The number of morpholine rings is 1. The first-order valence-electron chi connectivity index (χ1n) is 11.8. The lowest BCUT2D eigenvalue weighted by molar-refractivity contribution is -0.140. The van der Waals surface area contributed by atoms with Crippen molar-refractivity contribution in [2.75, 3.05) is 52.6 Å². The molecule has 35 heavy (non-hydrogen) atoms. The van der Waals surface area contributed by atoms with Gasteiger partial charge >= 0.3 is 0 Å². The number of carbonyl (C=O) groups excluding carboxylic acids is 2. The van der Waals surface area contributed by atoms with Crippen LogP contribution < -0.4 is 9.47 Å². The molecule has 0 aromatic heterocycles. The highest BCUT2D eigenvalue weighted by Crippen LogP contribution is 2.41. The minimum atomic E-state index is -0.825. The van der Waals surface area contributed by atoms with Crippen LogP contribution >= 0.6 is 0 Å². The Morgan fingerprint density at radius 1 is 0.943 bits per heavy atom. The second-order valence-electron chi connectivity index (χ2n) is 8.71. The Morgan fingerprint density at radius 2 is 1.66 bits per heavy atom. The van der Waals surface area contributed by atoms with Crippen molar-refractivity contribution in [2.24, 2.45) is 0 Å². The fourth-order valence-electron chi connectivity index (χ4n) is 4.74. The second kappa shape index (κ2) is 10.1. The van der Waals surface area contributed by atoms with Crippen LogP contribution in [-0.4, -0.2) is 79.2 Å². The van der Waals surface area contributed by atoms with Gasteiger partial charge in [-0.1, -0.05) is 12.1 Å². The number of benzene rings is 2. The van der Waals surface area contributed by atoms with E-state index in [0.29, 0.717) is 62.0 Å². The fraction of sp³-hybridized carbons (Fsp3) is 0.385. The molecule has 3 aliphatic rings. The van der Waals surface area contributed by atoms with Crippen molar-refractivity contribution in [1.82, 2.24) is 9.80 Å². The first-order chi connectivity index (χ1) is 17.0. The van der Waals surface area contributed by atoms with Crippen LogP contribution in [0.3, 0.4) is 0 Å². The predicted octanol–water partition coefficient (Wildman–Crippen LogP) is 2.74. The van der Waals surface area contributed by atoms with Crippen molar-refractivity contribution in [2.45, 2.75) is 12.5 Å². The van der Waals surface area contributed by atoms with Crippen molar-refractivity contribution in [3.8, 4) is 11.5 Å². The molecule has 0 unspecified atom stereocenters. The smallest absolute Gasteiger partial charge is 0.295 e. The summed E-state index contributed by atoms with van der Waals surface area (Å²) in [6.07, 6.45) is 0.648. The number of fused-ring (bicyclic) bond motifs is 1. The van der Waals surface area contributed by atoms with Gasteiger partial charge in [0, 0.05) is 31.7 Å². The van der Waals surface area contributed by atoms with Gasteiger partial charge in [0.15, 0.2) is 11.5 Å². The summed E-state index contributed by atoms with van der Waals surface area (Å²) in [5.74, 6) is -1.17. The molecule has 0 bridgehead atoms. The molecule has 2 aromatic carbocycles. The number of ketones is 1. The van der Waals surface area contributed by atoms with E-state index in [2.05, 4.69) is 4.90 Å². The summed E-state index contributed by atoms with van der Waals surface area (Å²) in [6, 6.07) is 9.70. The van der Waals surface area contributed by atoms with E-state index in [1.54, 1.807) is 18.2 Å². The second-order valence-corrected chi connectivity index (χ2v) is 8.71. The van der Waals surface area contributed by atoms with Gasteiger partial charge < -0.3 is 24.2 Å². The minimum absolute atomic E-state index is 0.0235. The summed E-state index contributed by atoms with van der Waals surface area (Å²) in [6.45, 7) is 4.88. The normalized spacial score (nSPS) is 22.0. The standard InChI is InChI=1S/C26H27FN2O6/c27-19-5-2-17(3-6-19)23-22(24(30)18-4-7-20-21(16-18)35-15-14-34-20)25(31)26(32)29(23)9-1-8-28-10-12-33-13-11-28/h2-7,16,23,30H,1,8-15H2/t23-/m1/s1. The summed E-state index contributed by atoms with van der Waals surface area (Å²) in [5, 5.41) is 11.2. The van der Waals surface area contributed by atoms with E-state index in [1.807, 2.05) is 0 Å². The van der Waals surface area contributed by atoms with Gasteiger partial charge in [0.2, 0.25) is 0 Å². The number of aliphatic hydroxyl groups excluding tert-OH is 1. The number of nitrogens with zero attached hydrogens (tertiary/aromatic N) is 2. The molecule has 0 saturated carbocycles. The first kappa shape index (κ1) is 23.3. The summed E-state index contributed by atoms with van der Waals surface area (Å²) >= 11 is 0. The molecule has 3 aliphatic heterocycles. The van der Waals surface area contributed by atoms with E-state index in [1.165, 1.54) is 29.2 Å². The van der Waals surface area contributed by atoms with Crippen LogP contribution in [0.5, 0.6) is 11.5 Å². The average molecular weight is 483 g/mol. The van der Waals surface area contributed by atoms with Crippen LogP contribution in [0.4, 0.5) is 4.39 Å². The summed E-state index contributed by atoms with van der Waals surface area (Å²) in [4.78, 5) is 30.0. The van der Waals surface area contributed by atoms with Crippen LogP contribution in [0.25, 0.3) is 5.76 Å². The molecule has 5 rings (SSSR count). The van der Waals surface area contributed by atoms with E-state index < -0.39 is 23.5 Å². The summed E-state index contributed by atoms with van der Waals surface area (Å²) in [5.41, 5.74) is 0.869. The maximum absolute atomic E-state index is 13.7.